The summed E-state index contributed by atoms with van der Waals surface area (Å²) in [4.78, 5) is 9.03. The number of ether oxygens (including phenoxy) is 2. The molecule has 0 fully saturated rings. The van der Waals surface area contributed by atoms with Gasteiger partial charge < -0.3 is 9.47 Å². The minimum Gasteiger partial charge on any atom is -0.497 e. The van der Waals surface area contributed by atoms with E-state index in [-0.39, 0.29) is 0 Å². The van der Waals surface area contributed by atoms with Gasteiger partial charge in [0.1, 0.15) is 11.5 Å². The van der Waals surface area contributed by atoms with E-state index in [4.69, 9.17) is 14.5 Å². The van der Waals surface area contributed by atoms with Gasteiger partial charge in [0.05, 0.1) is 19.9 Å². The van der Waals surface area contributed by atoms with Crippen molar-refractivity contribution in [3.05, 3.63) is 83.7 Å². The molecule has 1 aromatic heterocycles. The van der Waals surface area contributed by atoms with Gasteiger partial charge in [0.25, 0.3) is 0 Å². The van der Waals surface area contributed by atoms with E-state index in [1.165, 1.54) is 5.57 Å². The highest BCUT2D eigenvalue weighted by Gasteiger charge is 2.14. The van der Waals surface area contributed by atoms with Gasteiger partial charge >= 0.3 is 0 Å². The number of benzene rings is 2. The predicted octanol–water partition coefficient (Wildman–Crippen LogP) is 5.43. The SMILES string of the molecule is COc1ccc(-c2cccc(/C=C3\CCCN=C3c3cccnc3)c2)c(OC)c1. The summed E-state index contributed by atoms with van der Waals surface area (Å²) in [6.07, 6.45) is 8.01. The van der Waals surface area contributed by atoms with Gasteiger partial charge in [0, 0.05) is 36.1 Å². The van der Waals surface area contributed by atoms with Crippen molar-refractivity contribution in [3.63, 3.8) is 0 Å². The Bertz CT molecular complexity index is 1060. The van der Waals surface area contributed by atoms with Crippen molar-refractivity contribution in [1.29, 1.82) is 0 Å². The molecular formula is C25H24N2O2. The molecule has 0 unspecified atom stereocenters. The summed E-state index contributed by atoms with van der Waals surface area (Å²) in [5.74, 6) is 1.58. The maximum atomic E-state index is 5.59. The van der Waals surface area contributed by atoms with Crippen LogP contribution in [0.4, 0.5) is 0 Å². The first-order valence-corrected chi connectivity index (χ1v) is 9.77. The van der Waals surface area contributed by atoms with E-state index >= 15 is 0 Å². The monoisotopic (exact) mass is 384 g/mol. The van der Waals surface area contributed by atoms with Crippen molar-refractivity contribution in [1.82, 2.24) is 4.98 Å². The average molecular weight is 384 g/mol. The lowest BCUT2D eigenvalue weighted by atomic mass is 9.94. The van der Waals surface area contributed by atoms with Gasteiger partial charge in [-0.15, -0.1) is 0 Å². The molecule has 0 amide bonds. The van der Waals surface area contributed by atoms with E-state index in [1.54, 1.807) is 20.4 Å². The normalized spacial score (nSPS) is 15.1. The summed E-state index contributed by atoms with van der Waals surface area (Å²) in [6, 6.07) is 18.4. The first-order chi connectivity index (χ1) is 14.3. The van der Waals surface area contributed by atoms with Crippen molar-refractivity contribution >= 4 is 11.8 Å². The topological polar surface area (TPSA) is 43.7 Å². The lowest BCUT2D eigenvalue weighted by Gasteiger charge is -2.16. The largest absolute Gasteiger partial charge is 0.497 e. The summed E-state index contributed by atoms with van der Waals surface area (Å²) in [7, 11) is 3.34. The van der Waals surface area contributed by atoms with Gasteiger partial charge in [-0.2, -0.15) is 0 Å². The van der Waals surface area contributed by atoms with Crippen LogP contribution in [0.3, 0.4) is 0 Å². The van der Waals surface area contributed by atoms with Crippen molar-refractivity contribution in [3.8, 4) is 22.6 Å². The number of methoxy groups -OCH3 is 2. The highest BCUT2D eigenvalue weighted by atomic mass is 16.5. The Kier molecular flexibility index (Phi) is 5.71. The lowest BCUT2D eigenvalue weighted by molar-refractivity contribution is 0.395. The molecule has 0 radical (unpaired) electrons. The molecule has 4 heteroatoms. The second-order valence-corrected chi connectivity index (χ2v) is 6.94. The number of pyridine rings is 1. The van der Waals surface area contributed by atoms with E-state index in [1.807, 2.05) is 30.5 Å². The average Bonchev–Trinajstić information content (AvgIpc) is 2.79. The zero-order chi connectivity index (χ0) is 20.1. The summed E-state index contributed by atoms with van der Waals surface area (Å²) in [6.45, 7) is 0.866. The van der Waals surface area contributed by atoms with Crippen LogP contribution >= 0.6 is 0 Å². The Hall–Kier alpha value is -3.40. The van der Waals surface area contributed by atoms with E-state index in [2.05, 4.69) is 41.4 Å². The van der Waals surface area contributed by atoms with Gasteiger partial charge in [0.15, 0.2) is 0 Å². The Labute approximate surface area is 171 Å². The van der Waals surface area contributed by atoms with Crippen LogP contribution in [0.25, 0.3) is 17.2 Å². The van der Waals surface area contributed by atoms with Gasteiger partial charge in [-0.1, -0.05) is 18.2 Å². The van der Waals surface area contributed by atoms with E-state index < -0.39 is 0 Å². The van der Waals surface area contributed by atoms with E-state index in [0.29, 0.717) is 0 Å². The maximum absolute atomic E-state index is 5.59. The van der Waals surface area contributed by atoms with Crippen LogP contribution in [0.5, 0.6) is 11.5 Å². The molecule has 0 N–H and O–H groups in total. The molecule has 29 heavy (non-hydrogen) atoms. The van der Waals surface area contributed by atoms with Crippen molar-refractivity contribution in [2.45, 2.75) is 12.8 Å². The van der Waals surface area contributed by atoms with Gasteiger partial charge in [-0.05, 0) is 65.9 Å². The zero-order valence-corrected chi connectivity index (χ0v) is 16.8. The summed E-state index contributed by atoms with van der Waals surface area (Å²) in [5.41, 5.74) is 6.67. The molecule has 0 spiro atoms. The molecule has 0 saturated heterocycles. The molecule has 4 rings (SSSR count). The minimum absolute atomic E-state index is 0.781. The number of rotatable bonds is 5. The smallest absolute Gasteiger partial charge is 0.130 e. The second-order valence-electron chi connectivity index (χ2n) is 6.94. The molecule has 4 nitrogen and oxygen atoms in total. The third kappa shape index (κ3) is 4.21. The zero-order valence-electron chi connectivity index (χ0n) is 16.8. The summed E-state index contributed by atoms with van der Waals surface area (Å²) >= 11 is 0. The van der Waals surface area contributed by atoms with Gasteiger partial charge in [-0.3, -0.25) is 9.98 Å². The van der Waals surface area contributed by atoms with Crippen LogP contribution in [-0.4, -0.2) is 31.5 Å². The Morgan fingerprint density at radius 3 is 2.62 bits per heavy atom. The van der Waals surface area contributed by atoms with Crippen LogP contribution < -0.4 is 9.47 Å². The van der Waals surface area contributed by atoms with Crippen LogP contribution in [0.2, 0.25) is 0 Å². The highest BCUT2D eigenvalue weighted by molar-refractivity contribution is 6.15. The minimum atomic E-state index is 0.781. The van der Waals surface area contributed by atoms with Crippen LogP contribution in [0.1, 0.15) is 24.0 Å². The lowest BCUT2D eigenvalue weighted by Crippen LogP contribution is -2.11. The molecule has 1 aliphatic rings. The summed E-state index contributed by atoms with van der Waals surface area (Å²) < 4.78 is 10.9. The van der Waals surface area contributed by atoms with E-state index in [9.17, 15) is 0 Å². The fourth-order valence-electron chi connectivity index (χ4n) is 3.63. The molecule has 0 atom stereocenters. The number of aromatic nitrogens is 1. The van der Waals surface area contributed by atoms with Crippen LogP contribution in [0, 0.1) is 0 Å². The summed E-state index contributed by atoms with van der Waals surface area (Å²) in [5, 5.41) is 0. The molecule has 0 bridgehead atoms. The number of hydrogen-bond donors (Lipinski definition) is 0. The number of aliphatic imine (C=N–C) groups is 1. The molecular weight excluding hydrogens is 360 g/mol. The third-order valence-electron chi connectivity index (χ3n) is 5.06. The quantitative estimate of drug-likeness (QED) is 0.589. The van der Waals surface area contributed by atoms with Gasteiger partial charge in [0.2, 0.25) is 0 Å². The first-order valence-electron chi connectivity index (χ1n) is 9.77. The van der Waals surface area contributed by atoms with Crippen molar-refractivity contribution in [2.24, 2.45) is 4.99 Å². The molecule has 0 aliphatic carbocycles. The molecule has 0 saturated carbocycles. The number of hydrogen-bond acceptors (Lipinski definition) is 4. The fraction of sp³-hybridized carbons (Fsp3) is 0.200. The maximum Gasteiger partial charge on any atom is 0.130 e. The second kappa shape index (κ2) is 8.74. The standard InChI is InChI=1S/C25H24N2O2/c1-28-22-10-11-23(24(16-22)29-2)19-7-3-6-18(14-19)15-20-8-5-13-27-25(20)21-9-4-12-26-17-21/h3-4,6-7,9-12,14-17H,5,8,13H2,1-2H3/b20-15+. The van der Waals surface area contributed by atoms with Crippen LogP contribution in [0.15, 0.2) is 77.6 Å². The first kappa shape index (κ1) is 18.9. The molecule has 1 aliphatic heterocycles. The Morgan fingerprint density at radius 2 is 1.83 bits per heavy atom. The number of allylic oxidation sites excluding steroid dienone is 1. The molecule has 2 heterocycles. The molecule has 146 valence electrons. The Morgan fingerprint density at radius 1 is 0.931 bits per heavy atom. The van der Waals surface area contributed by atoms with E-state index in [0.717, 1.165) is 58.9 Å². The van der Waals surface area contributed by atoms with Crippen molar-refractivity contribution in [2.75, 3.05) is 20.8 Å². The van der Waals surface area contributed by atoms with Crippen LogP contribution in [-0.2, 0) is 0 Å². The third-order valence-corrected chi connectivity index (χ3v) is 5.06. The highest BCUT2D eigenvalue weighted by Crippen LogP contribution is 2.34. The Balaban J connectivity index is 1.71. The molecule has 2 aromatic carbocycles. The van der Waals surface area contributed by atoms with Crippen molar-refractivity contribution < 1.29 is 9.47 Å². The number of nitrogens with zero attached hydrogens (tertiary/aromatic N) is 2. The molecule has 3 aromatic rings. The fourth-order valence-corrected chi connectivity index (χ4v) is 3.63. The van der Waals surface area contributed by atoms with Gasteiger partial charge in [-0.25, -0.2) is 0 Å². The predicted molar refractivity (Wildman–Crippen MR) is 118 cm³/mol.